The molecule has 5 N–H and O–H groups in total. The van der Waals surface area contributed by atoms with Crippen molar-refractivity contribution in [1.82, 2.24) is 0 Å². The quantitative estimate of drug-likeness (QED) is 0.410. The van der Waals surface area contributed by atoms with Gasteiger partial charge in [-0.25, -0.2) is 4.79 Å². The summed E-state index contributed by atoms with van der Waals surface area (Å²) in [6.45, 7) is 6.43. The van der Waals surface area contributed by atoms with E-state index in [0.717, 1.165) is 6.07 Å². The van der Waals surface area contributed by atoms with Crippen LogP contribution in [0.4, 0.5) is 5.69 Å². The van der Waals surface area contributed by atoms with Crippen LogP contribution < -0.4 is 5.32 Å². The maximum atomic E-state index is 13.4. The molecule has 1 heterocycles. The minimum atomic E-state index is -1.30. The highest BCUT2D eigenvalue weighted by molar-refractivity contribution is 5.94. The van der Waals surface area contributed by atoms with Crippen molar-refractivity contribution >= 4 is 23.4 Å². The summed E-state index contributed by atoms with van der Waals surface area (Å²) in [5, 5.41) is 43.6. The van der Waals surface area contributed by atoms with E-state index >= 15 is 0 Å². The number of para-hydroxylation sites is 1. The monoisotopic (exact) mass is 485 g/mol. The Balaban J connectivity index is 2.15. The van der Waals surface area contributed by atoms with Crippen LogP contribution in [0.1, 0.15) is 49.7 Å². The number of hydrogen-bond donors (Lipinski definition) is 5. The molecule has 1 aliphatic heterocycles. The maximum absolute atomic E-state index is 13.4. The molecule has 9 nitrogen and oxygen atoms in total. The number of aromatic carboxylic acids is 1. The van der Waals surface area contributed by atoms with Crippen LogP contribution in [-0.2, 0) is 14.3 Å². The Morgan fingerprint density at radius 2 is 1.51 bits per heavy atom. The van der Waals surface area contributed by atoms with Gasteiger partial charge < -0.3 is 30.5 Å². The van der Waals surface area contributed by atoms with Crippen LogP contribution in [0.5, 0.6) is 11.5 Å². The Hall–Kier alpha value is -3.59. The van der Waals surface area contributed by atoms with Gasteiger partial charge in [-0.15, -0.1) is 0 Å². The summed E-state index contributed by atoms with van der Waals surface area (Å²) in [4.78, 5) is 38.1. The fraction of sp³-hybridized carbons (Fsp3) is 0.423. The average Bonchev–Trinajstić information content (AvgIpc) is 2.81. The molecule has 35 heavy (non-hydrogen) atoms. The highest BCUT2D eigenvalue weighted by atomic mass is 16.5. The minimum absolute atomic E-state index is 0.00157. The number of aliphatic hydroxyl groups excluding tert-OH is 1. The molecule has 3 rings (SSSR count). The van der Waals surface area contributed by atoms with Gasteiger partial charge in [0.15, 0.2) is 0 Å². The summed E-state index contributed by atoms with van der Waals surface area (Å²) in [5.74, 6) is -5.91. The largest absolute Gasteiger partial charge is 0.508 e. The van der Waals surface area contributed by atoms with Crippen molar-refractivity contribution in [3.05, 3.63) is 53.6 Å². The second-order valence-electron chi connectivity index (χ2n) is 9.28. The number of cyclic esters (lactones) is 1. The number of aliphatic hydroxyl groups is 1. The molecule has 7 unspecified atom stereocenters. The Morgan fingerprint density at radius 1 is 0.914 bits per heavy atom. The van der Waals surface area contributed by atoms with E-state index < -0.39 is 53.9 Å². The molecule has 7 atom stereocenters. The smallest absolute Gasteiger partial charge is 0.337 e. The van der Waals surface area contributed by atoms with Gasteiger partial charge in [-0.2, -0.15) is 0 Å². The van der Waals surface area contributed by atoms with Crippen molar-refractivity contribution in [2.45, 2.75) is 45.9 Å². The maximum Gasteiger partial charge on any atom is 0.337 e. The Labute approximate surface area is 203 Å². The number of carbonyl (C=O) groups excluding carboxylic acids is 2. The summed E-state index contributed by atoms with van der Waals surface area (Å²) in [7, 11) is 0. The molecule has 2 aromatic carbocycles. The lowest BCUT2D eigenvalue weighted by Gasteiger charge is -2.39. The van der Waals surface area contributed by atoms with E-state index in [1.165, 1.54) is 25.1 Å². The number of esters is 1. The molecule has 2 aromatic rings. The lowest BCUT2D eigenvalue weighted by atomic mass is 9.76. The third kappa shape index (κ3) is 5.40. The molecule has 0 radical (unpaired) electrons. The van der Waals surface area contributed by atoms with Crippen molar-refractivity contribution in [3.8, 4) is 11.5 Å². The summed E-state index contributed by atoms with van der Waals surface area (Å²) >= 11 is 0. The molecule has 0 saturated carbocycles. The molecule has 1 saturated heterocycles. The first-order valence-corrected chi connectivity index (χ1v) is 11.5. The van der Waals surface area contributed by atoms with E-state index in [1.807, 2.05) is 0 Å². The number of nitrogens with one attached hydrogen (secondary N) is 1. The van der Waals surface area contributed by atoms with Gasteiger partial charge in [-0.3, -0.25) is 9.59 Å². The van der Waals surface area contributed by atoms with Crippen LogP contribution in [0.15, 0.2) is 42.5 Å². The van der Waals surface area contributed by atoms with Gasteiger partial charge in [0.25, 0.3) is 0 Å². The van der Waals surface area contributed by atoms with E-state index in [9.17, 15) is 34.8 Å². The van der Waals surface area contributed by atoms with E-state index in [4.69, 9.17) is 4.74 Å². The lowest BCUT2D eigenvalue weighted by Crippen LogP contribution is -2.48. The van der Waals surface area contributed by atoms with Crippen molar-refractivity contribution in [1.29, 1.82) is 0 Å². The number of hydrogen-bond acceptors (Lipinski definition) is 8. The van der Waals surface area contributed by atoms with Crippen LogP contribution in [0.2, 0.25) is 0 Å². The summed E-state index contributed by atoms with van der Waals surface area (Å²) < 4.78 is 5.81. The fourth-order valence-corrected chi connectivity index (χ4v) is 4.70. The molecule has 9 heteroatoms. The molecular formula is C26H31NO8. The number of phenolic OH excluding ortho intramolecular Hbond substituents is 2. The van der Waals surface area contributed by atoms with Gasteiger partial charge in [0.2, 0.25) is 0 Å². The van der Waals surface area contributed by atoms with Crippen LogP contribution >= 0.6 is 0 Å². The number of anilines is 1. The number of ketones is 1. The molecule has 188 valence electrons. The number of rotatable bonds is 4. The standard InChI is InChI=1S/C26H31NO8/c1-12-21(27-20-8-6-5-7-19(20)25(32)33)13(2)24(16-9-17(28)11-18(29)10-16)35-26(34)15(4)23(31)14(3)22(12)30/h5-15,21,23-24,27-29,31H,1-4H3,(H,32,33). The number of carboxylic acids is 1. The van der Waals surface area contributed by atoms with Crippen LogP contribution in [-0.4, -0.2) is 50.3 Å². The first-order chi connectivity index (χ1) is 16.4. The van der Waals surface area contributed by atoms with E-state index in [2.05, 4.69) is 5.32 Å². The number of phenols is 2. The predicted octanol–water partition coefficient (Wildman–Crippen LogP) is 3.35. The van der Waals surface area contributed by atoms with Gasteiger partial charge in [0.1, 0.15) is 23.4 Å². The zero-order chi connectivity index (χ0) is 26.0. The first-order valence-electron chi connectivity index (χ1n) is 11.5. The zero-order valence-electron chi connectivity index (χ0n) is 20.0. The van der Waals surface area contributed by atoms with Crippen LogP contribution in [0.25, 0.3) is 0 Å². The second-order valence-corrected chi connectivity index (χ2v) is 9.28. The highest BCUT2D eigenvalue weighted by Gasteiger charge is 2.43. The molecule has 0 spiro atoms. The number of benzene rings is 2. The van der Waals surface area contributed by atoms with Gasteiger partial charge in [-0.05, 0) is 31.2 Å². The average molecular weight is 486 g/mol. The van der Waals surface area contributed by atoms with Gasteiger partial charge in [0, 0.05) is 41.1 Å². The third-order valence-electron chi connectivity index (χ3n) is 6.85. The minimum Gasteiger partial charge on any atom is -0.508 e. The lowest BCUT2D eigenvalue weighted by molar-refractivity contribution is -0.164. The summed E-state index contributed by atoms with van der Waals surface area (Å²) in [5.41, 5.74) is 0.567. The normalized spacial score (nSPS) is 29.8. The topological polar surface area (TPSA) is 153 Å². The van der Waals surface area contributed by atoms with Gasteiger partial charge in [0.05, 0.1) is 17.6 Å². The number of carbonyl (C=O) groups is 3. The zero-order valence-corrected chi connectivity index (χ0v) is 20.0. The number of Topliss-reactive ketones (excluding diaryl/α,β-unsaturated/α-hetero) is 1. The fourth-order valence-electron chi connectivity index (χ4n) is 4.70. The molecular weight excluding hydrogens is 454 g/mol. The summed E-state index contributed by atoms with van der Waals surface area (Å²) in [6, 6.07) is 9.33. The van der Waals surface area contributed by atoms with Crippen molar-refractivity contribution in [3.63, 3.8) is 0 Å². The predicted molar refractivity (Wildman–Crippen MR) is 127 cm³/mol. The second kappa shape index (κ2) is 10.4. The number of ether oxygens (including phenoxy) is 1. The van der Waals surface area contributed by atoms with Crippen molar-refractivity contribution in [2.24, 2.45) is 23.7 Å². The van der Waals surface area contributed by atoms with Crippen LogP contribution in [0, 0.1) is 23.7 Å². The van der Waals surface area contributed by atoms with Crippen molar-refractivity contribution in [2.75, 3.05) is 5.32 Å². The summed E-state index contributed by atoms with van der Waals surface area (Å²) in [6.07, 6.45) is -2.33. The van der Waals surface area contributed by atoms with Gasteiger partial charge >= 0.3 is 11.9 Å². The van der Waals surface area contributed by atoms with Crippen LogP contribution in [0.3, 0.4) is 0 Å². The van der Waals surface area contributed by atoms with Crippen molar-refractivity contribution < 1.29 is 39.5 Å². The number of carboxylic acid groups (broad SMARTS) is 1. The first kappa shape index (κ1) is 26.0. The molecule has 1 aliphatic rings. The Morgan fingerprint density at radius 3 is 2.11 bits per heavy atom. The SMILES string of the molecule is CC1C(=O)OC(c2cc(O)cc(O)c2)C(C)C(Nc2ccccc2C(=O)O)C(C)C(=O)C(C)C1O. The molecule has 0 amide bonds. The number of aromatic hydroxyl groups is 2. The van der Waals surface area contributed by atoms with E-state index in [0.29, 0.717) is 0 Å². The van der Waals surface area contributed by atoms with Gasteiger partial charge in [-0.1, -0.05) is 32.9 Å². The van der Waals surface area contributed by atoms with E-state index in [1.54, 1.807) is 39.0 Å². The Kier molecular flexibility index (Phi) is 7.70. The van der Waals surface area contributed by atoms with E-state index in [-0.39, 0.29) is 34.1 Å². The molecule has 0 aliphatic carbocycles. The Bertz CT molecular complexity index is 1100. The molecule has 0 aromatic heterocycles. The highest BCUT2D eigenvalue weighted by Crippen LogP contribution is 2.39. The molecule has 0 bridgehead atoms. The third-order valence-corrected chi connectivity index (χ3v) is 6.85. The molecule has 1 fully saturated rings.